The van der Waals surface area contributed by atoms with Crippen molar-refractivity contribution < 1.29 is 19.1 Å². The average Bonchev–Trinajstić information content (AvgIpc) is 3.55. The van der Waals surface area contributed by atoms with Gasteiger partial charge in [-0.25, -0.2) is 24.6 Å². The highest BCUT2D eigenvalue weighted by atomic mass is 32.1. The Morgan fingerprint density at radius 1 is 0.800 bits per heavy atom. The standard InChI is InChI=1S/C26H24N6O2S.C21H20N6O2S/c1-14-5-16-8-21(35-23(16)20(6-14)34-2)19-12-32(25-22(19)24(28)29-13-30-25)18-10-31(11-18)26(33)17(9-27)7-15-3-4-15;1-4-16(28)26-8-13(9-26)27-21-17(20(22)23-10-24-21)18(25-27)15-7-12-5-11(2)6-14(29-3)19(12)30-15/h5-8,12-13,15,18H,3-4,10-11H2,1-2H3,(H2,28,29,30);4-7,10,13H,1,8-9H2,2-3H3,(H2,22,23,24). The Labute approximate surface area is 381 Å². The minimum Gasteiger partial charge on any atom is -0.495 e. The number of methoxy groups -OCH3 is 2. The van der Waals surface area contributed by atoms with Crippen LogP contribution in [0.3, 0.4) is 0 Å². The van der Waals surface area contributed by atoms with E-state index in [0.717, 1.165) is 93.1 Å². The second-order valence-electron chi connectivity index (χ2n) is 16.6. The molecule has 11 rings (SSSR count). The maximum Gasteiger partial charge on any atom is 0.264 e. The molecule has 3 aliphatic rings. The lowest BCUT2D eigenvalue weighted by atomic mass is 10.1. The quantitative estimate of drug-likeness (QED) is 0.106. The van der Waals surface area contributed by atoms with E-state index in [4.69, 9.17) is 26.0 Å². The van der Waals surface area contributed by atoms with Gasteiger partial charge in [-0.1, -0.05) is 24.8 Å². The summed E-state index contributed by atoms with van der Waals surface area (Å²) in [6.45, 7) is 9.81. The average molecular weight is 905 g/mol. The predicted molar refractivity (Wildman–Crippen MR) is 254 cm³/mol. The molecule has 2 aromatic carbocycles. The molecule has 18 heteroatoms. The largest absolute Gasteiger partial charge is 0.495 e. The summed E-state index contributed by atoms with van der Waals surface area (Å²) in [5, 5.41) is 18.1. The zero-order chi connectivity index (χ0) is 45.3. The number of thiophene rings is 2. The monoisotopic (exact) mass is 904 g/mol. The second kappa shape index (κ2) is 16.3. The van der Waals surface area contributed by atoms with Crippen molar-refractivity contribution in [1.29, 1.82) is 5.26 Å². The first-order chi connectivity index (χ1) is 31.5. The Morgan fingerprint density at radius 2 is 1.38 bits per heavy atom. The van der Waals surface area contributed by atoms with E-state index in [1.54, 1.807) is 46.7 Å². The molecule has 2 aliphatic heterocycles. The Balaban J connectivity index is 0.000000155. The van der Waals surface area contributed by atoms with E-state index in [-0.39, 0.29) is 29.5 Å². The Bertz CT molecular complexity index is 3320. The first-order valence-electron chi connectivity index (χ1n) is 21.1. The fourth-order valence-electron chi connectivity index (χ4n) is 8.62. The number of aromatic nitrogens is 7. The molecule has 2 saturated heterocycles. The summed E-state index contributed by atoms with van der Waals surface area (Å²) < 4.78 is 17.3. The van der Waals surface area contributed by atoms with E-state index in [1.807, 2.05) is 29.8 Å². The zero-order valence-electron chi connectivity index (χ0n) is 36.1. The van der Waals surface area contributed by atoms with Gasteiger partial charge in [0.1, 0.15) is 58.8 Å². The van der Waals surface area contributed by atoms with Gasteiger partial charge in [-0.05, 0) is 84.8 Å². The van der Waals surface area contributed by atoms with Gasteiger partial charge in [0.05, 0.1) is 51.4 Å². The Hall–Kier alpha value is -7.36. The molecule has 6 aromatic heterocycles. The molecule has 65 heavy (non-hydrogen) atoms. The van der Waals surface area contributed by atoms with E-state index in [9.17, 15) is 14.9 Å². The third-order valence-electron chi connectivity index (χ3n) is 12.2. The topological polar surface area (TPSA) is 209 Å². The predicted octanol–water partition coefficient (Wildman–Crippen LogP) is 7.63. The van der Waals surface area contributed by atoms with Crippen LogP contribution in [0.15, 0.2) is 79.6 Å². The molecule has 4 N–H and O–H groups in total. The van der Waals surface area contributed by atoms with Crippen LogP contribution in [-0.4, -0.2) is 96.3 Å². The highest BCUT2D eigenvalue weighted by Gasteiger charge is 2.37. The lowest BCUT2D eigenvalue weighted by molar-refractivity contribution is -0.132. The minimum absolute atomic E-state index is 0.0330. The number of amides is 2. The van der Waals surface area contributed by atoms with Gasteiger partial charge >= 0.3 is 0 Å². The summed E-state index contributed by atoms with van der Waals surface area (Å²) in [5.41, 5.74) is 18.2. The van der Waals surface area contributed by atoms with Crippen LogP contribution in [0.1, 0.15) is 36.1 Å². The number of carbonyl (C=O) groups is 2. The summed E-state index contributed by atoms with van der Waals surface area (Å²) in [4.78, 5) is 47.5. The summed E-state index contributed by atoms with van der Waals surface area (Å²) in [6.07, 6.45) is 10.3. The van der Waals surface area contributed by atoms with Crippen molar-refractivity contribution in [3.63, 3.8) is 0 Å². The number of hydrogen-bond acceptors (Lipinski definition) is 14. The molecule has 0 atom stereocenters. The number of carbonyl (C=O) groups excluding carboxylic acids is 2. The number of nitrogens with two attached hydrogens (primary N) is 2. The molecular formula is C47H44N12O4S2. The fraction of sp³-hybridized carbons (Fsp3) is 0.277. The maximum atomic E-state index is 12.8. The SMILES string of the molecule is C=CC(=O)N1CC(n2nc(-c3cc4cc(C)cc(OC)c4s3)c3c(N)ncnc32)C1.COc1cc(C)cc2cc(-c3cn(C4CN(C(=O)C(C#N)=CC5CC5)C4)c4ncnc(N)c34)sc12. The summed E-state index contributed by atoms with van der Waals surface area (Å²) in [5.74, 6) is 2.62. The van der Waals surface area contributed by atoms with Gasteiger partial charge in [0.25, 0.3) is 5.91 Å². The van der Waals surface area contributed by atoms with Crippen LogP contribution in [-0.2, 0) is 9.59 Å². The Morgan fingerprint density at radius 3 is 1.98 bits per heavy atom. The number of benzene rings is 2. The third-order valence-corrected chi connectivity index (χ3v) is 14.5. The minimum atomic E-state index is -0.187. The number of nitrogen functional groups attached to an aromatic ring is 2. The van der Waals surface area contributed by atoms with Crippen molar-refractivity contribution in [2.75, 3.05) is 51.9 Å². The smallest absolute Gasteiger partial charge is 0.264 e. The second-order valence-corrected chi connectivity index (χ2v) is 18.7. The number of ether oxygens (including phenoxy) is 2. The number of likely N-dealkylation sites (tertiary alicyclic amines) is 2. The number of fused-ring (bicyclic) bond motifs is 4. The van der Waals surface area contributed by atoms with Crippen LogP contribution < -0.4 is 20.9 Å². The molecule has 1 saturated carbocycles. The highest BCUT2D eigenvalue weighted by molar-refractivity contribution is 7.23. The molecule has 2 amide bonds. The molecule has 3 fully saturated rings. The van der Waals surface area contributed by atoms with E-state index in [0.29, 0.717) is 49.4 Å². The molecule has 0 radical (unpaired) electrons. The fourth-order valence-corrected chi connectivity index (χ4v) is 10.9. The first-order valence-corrected chi connectivity index (χ1v) is 22.7. The third kappa shape index (κ3) is 7.35. The highest BCUT2D eigenvalue weighted by Crippen LogP contribution is 2.45. The molecule has 0 unspecified atom stereocenters. The molecular weight excluding hydrogens is 861 g/mol. The van der Waals surface area contributed by atoms with Crippen molar-refractivity contribution in [1.82, 2.24) is 44.1 Å². The van der Waals surface area contributed by atoms with E-state index in [1.165, 1.54) is 18.7 Å². The maximum absolute atomic E-state index is 12.8. The van der Waals surface area contributed by atoms with Gasteiger partial charge in [-0.3, -0.25) is 9.59 Å². The van der Waals surface area contributed by atoms with Crippen LogP contribution in [0.2, 0.25) is 0 Å². The van der Waals surface area contributed by atoms with Crippen LogP contribution in [0, 0.1) is 31.1 Å². The number of nitriles is 1. The van der Waals surface area contributed by atoms with Gasteiger partial charge in [-0.15, -0.1) is 22.7 Å². The number of hydrogen-bond donors (Lipinski definition) is 2. The van der Waals surface area contributed by atoms with Crippen molar-refractivity contribution in [3.05, 3.63) is 90.7 Å². The van der Waals surface area contributed by atoms with Crippen LogP contribution in [0.4, 0.5) is 11.6 Å². The number of anilines is 2. The van der Waals surface area contributed by atoms with Gasteiger partial charge in [-0.2, -0.15) is 10.4 Å². The lowest BCUT2D eigenvalue weighted by Crippen LogP contribution is -2.51. The number of aryl methyl sites for hydroxylation is 2. The van der Waals surface area contributed by atoms with Gasteiger partial charge in [0, 0.05) is 42.8 Å². The molecule has 16 nitrogen and oxygen atoms in total. The first kappa shape index (κ1) is 41.6. The molecule has 1 aliphatic carbocycles. The number of nitrogens with zero attached hydrogens (tertiary/aromatic N) is 10. The normalized spacial score (nSPS) is 15.5. The summed E-state index contributed by atoms with van der Waals surface area (Å²) >= 11 is 3.25. The van der Waals surface area contributed by atoms with Crippen molar-refractivity contribution in [3.8, 4) is 38.6 Å². The van der Waals surface area contributed by atoms with Crippen LogP contribution in [0.5, 0.6) is 11.5 Å². The Kier molecular flexibility index (Phi) is 10.5. The van der Waals surface area contributed by atoms with E-state index < -0.39 is 0 Å². The van der Waals surface area contributed by atoms with Gasteiger partial charge in [0.2, 0.25) is 5.91 Å². The molecule has 8 heterocycles. The summed E-state index contributed by atoms with van der Waals surface area (Å²) in [6, 6.07) is 14.8. The van der Waals surface area contributed by atoms with E-state index in [2.05, 4.69) is 74.5 Å². The van der Waals surface area contributed by atoms with Gasteiger partial charge in [0.15, 0.2) is 5.65 Å². The van der Waals surface area contributed by atoms with Crippen molar-refractivity contribution in [2.24, 2.45) is 5.92 Å². The van der Waals surface area contributed by atoms with E-state index >= 15 is 0 Å². The van der Waals surface area contributed by atoms with Crippen LogP contribution >= 0.6 is 22.7 Å². The summed E-state index contributed by atoms with van der Waals surface area (Å²) in [7, 11) is 3.36. The van der Waals surface area contributed by atoms with Gasteiger partial charge < -0.3 is 35.3 Å². The van der Waals surface area contributed by atoms with Crippen LogP contribution in [0.25, 0.3) is 63.3 Å². The number of allylic oxidation sites excluding steroid dienone is 1. The molecule has 328 valence electrons. The molecule has 0 spiro atoms. The van der Waals surface area contributed by atoms with Crippen molar-refractivity contribution >= 4 is 88.4 Å². The zero-order valence-corrected chi connectivity index (χ0v) is 37.7. The molecule has 8 aromatic rings. The van der Waals surface area contributed by atoms with Crippen molar-refractivity contribution in [2.45, 2.75) is 38.8 Å². The number of rotatable bonds is 9. The lowest BCUT2D eigenvalue weighted by Gasteiger charge is -2.40. The molecule has 0 bridgehead atoms.